The molecule has 2 heterocycles. The number of hydrogen-bond acceptors (Lipinski definition) is 3. The Labute approximate surface area is 153 Å². The van der Waals surface area contributed by atoms with Gasteiger partial charge in [-0.2, -0.15) is 5.10 Å². The molecule has 1 aromatic carbocycles. The molecule has 1 atom stereocenters. The van der Waals surface area contributed by atoms with Gasteiger partial charge in [-0.15, -0.1) is 0 Å². The molecule has 6 heteroatoms. The van der Waals surface area contributed by atoms with Crippen LogP contribution in [0.2, 0.25) is 0 Å². The van der Waals surface area contributed by atoms with Crippen LogP contribution in [-0.2, 0) is 13.1 Å². The number of urea groups is 1. The van der Waals surface area contributed by atoms with Gasteiger partial charge in [0.1, 0.15) is 0 Å². The fourth-order valence-electron chi connectivity index (χ4n) is 2.67. The van der Waals surface area contributed by atoms with Gasteiger partial charge in [0.25, 0.3) is 0 Å². The number of nitrogens with zero attached hydrogens (tertiary/aromatic N) is 4. The zero-order chi connectivity index (χ0) is 18.4. The van der Waals surface area contributed by atoms with Crippen LogP contribution >= 0.6 is 0 Å². The van der Waals surface area contributed by atoms with E-state index < -0.39 is 0 Å². The normalized spacial score (nSPS) is 11.8. The summed E-state index contributed by atoms with van der Waals surface area (Å²) >= 11 is 0. The second kappa shape index (κ2) is 8.29. The number of amides is 2. The zero-order valence-corrected chi connectivity index (χ0v) is 15.0. The predicted molar refractivity (Wildman–Crippen MR) is 100 cm³/mol. The van der Waals surface area contributed by atoms with Crippen molar-refractivity contribution in [3.8, 4) is 0 Å². The average Bonchev–Trinajstić information content (AvgIpc) is 3.12. The lowest BCUT2D eigenvalue weighted by molar-refractivity contribution is 0.203. The van der Waals surface area contributed by atoms with Crippen LogP contribution in [0.25, 0.3) is 0 Å². The minimum absolute atomic E-state index is 0.119. The molecule has 0 saturated carbocycles. The molecule has 3 aromatic rings. The average molecular weight is 349 g/mol. The number of rotatable bonds is 6. The summed E-state index contributed by atoms with van der Waals surface area (Å²) in [5.74, 6) is 0. The summed E-state index contributed by atoms with van der Waals surface area (Å²) in [5.41, 5.74) is 3.21. The van der Waals surface area contributed by atoms with Gasteiger partial charge in [0, 0.05) is 37.7 Å². The smallest absolute Gasteiger partial charge is 0.317 e. The topological polar surface area (TPSA) is 63.1 Å². The highest BCUT2D eigenvalue weighted by molar-refractivity contribution is 5.74. The van der Waals surface area contributed by atoms with Crippen molar-refractivity contribution in [2.75, 3.05) is 7.05 Å². The van der Waals surface area contributed by atoms with Crippen LogP contribution < -0.4 is 5.32 Å². The van der Waals surface area contributed by atoms with Gasteiger partial charge >= 0.3 is 6.03 Å². The molecule has 0 saturated heterocycles. The highest BCUT2D eigenvalue weighted by Gasteiger charge is 2.15. The molecule has 0 unspecified atom stereocenters. The fraction of sp³-hybridized carbons (Fsp3) is 0.250. The standard InChI is InChI=1S/C20H23N5O/c1-16(23-20(26)24(2)13-18-8-10-21-11-9-18)19-12-22-25(15-19)14-17-6-4-3-5-7-17/h3-12,15-16H,13-14H2,1-2H3,(H,23,26)/t16-/m0/s1. The third-order valence-electron chi connectivity index (χ3n) is 4.20. The van der Waals surface area contributed by atoms with Crippen molar-refractivity contribution in [1.82, 2.24) is 25.0 Å². The Kier molecular flexibility index (Phi) is 5.63. The second-order valence-electron chi connectivity index (χ2n) is 6.34. The van der Waals surface area contributed by atoms with Crippen LogP contribution in [0.1, 0.15) is 29.7 Å². The van der Waals surface area contributed by atoms with Gasteiger partial charge < -0.3 is 10.2 Å². The Balaban J connectivity index is 1.56. The summed E-state index contributed by atoms with van der Waals surface area (Å²) in [6.45, 7) is 3.21. The SMILES string of the molecule is C[C@H](NC(=O)N(C)Cc1ccncc1)c1cnn(Cc2ccccc2)c1. The molecule has 134 valence electrons. The van der Waals surface area contributed by atoms with Crippen molar-refractivity contribution in [2.24, 2.45) is 0 Å². The number of nitrogens with one attached hydrogen (secondary N) is 1. The maximum absolute atomic E-state index is 12.4. The van der Waals surface area contributed by atoms with Gasteiger partial charge in [-0.25, -0.2) is 4.79 Å². The van der Waals surface area contributed by atoms with Gasteiger partial charge in [0.15, 0.2) is 0 Å². The Morgan fingerprint density at radius 2 is 1.88 bits per heavy atom. The predicted octanol–water partition coefficient (Wildman–Crippen LogP) is 3.23. The fourth-order valence-corrected chi connectivity index (χ4v) is 2.67. The van der Waals surface area contributed by atoms with E-state index >= 15 is 0 Å². The lowest BCUT2D eigenvalue weighted by Crippen LogP contribution is -2.38. The van der Waals surface area contributed by atoms with Crippen molar-refractivity contribution < 1.29 is 4.79 Å². The molecule has 0 spiro atoms. The molecular weight excluding hydrogens is 326 g/mol. The van der Waals surface area contributed by atoms with E-state index in [-0.39, 0.29) is 12.1 Å². The van der Waals surface area contributed by atoms with E-state index in [0.717, 1.165) is 11.1 Å². The van der Waals surface area contributed by atoms with Gasteiger partial charge in [-0.1, -0.05) is 30.3 Å². The van der Waals surface area contributed by atoms with Crippen molar-refractivity contribution in [2.45, 2.75) is 26.1 Å². The van der Waals surface area contributed by atoms with Crippen LogP contribution in [0.3, 0.4) is 0 Å². The molecule has 3 rings (SSSR count). The van der Waals surface area contributed by atoms with Crippen molar-refractivity contribution in [1.29, 1.82) is 0 Å². The van der Waals surface area contributed by atoms with Gasteiger partial charge in [0.05, 0.1) is 18.8 Å². The molecule has 6 nitrogen and oxygen atoms in total. The number of carbonyl (C=O) groups excluding carboxylic acids is 1. The molecule has 0 aliphatic heterocycles. The van der Waals surface area contributed by atoms with Gasteiger partial charge in [-0.05, 0) is 30.2 Å². The first kappa shape index (κ1) is 17.7. The first-order valence-electron chi connectivity index (χ1n) is 8.58. The largest absolute Gasteiger partial charge is 0.331 e. The van der Waals surface area contributed by atoms with Crippen molar-refractivity contribution >= 4 is 6.03 Å². The second-order valence-corrected chi connectivity index (χ2v) is 6.34. The maximum atomic E-state index is 12.4. The van der Waals surface area contributed by atoms with E-state index in [0.29, 0.717) is 13.1 Å². The molecule has 0 radical (unpaired) electrons. The molecule has 2 aromatic heterocycles. The minimum Gasteiger partial charge on any atom is -0.331 e. The quantitative estimate of drug-likeness (QED) is 0.743. The molecule has 0 aliphatic rings. The van der Waals surface area contributed by atoms with Crippen LogP contribution in [0, 0.1) is 0 Å². The molecule has 0 bridgehead atoms. The summed E-state index contributed by atoms with van der Waals surface area (Å²) < 4.78 is 1.88. The first-order chi connectivity index (χ1) is 12.6. The Morgan fingerprint density at radius 3 is 2.62 bits per heavy atom. The Hall–Kier alpha value is -3.15. The minimum atomic E-state index is -0.120. The highest BCUT2D eigenvalue weighted by atomic mass is 16.2. The van der Waals surface area contributed by atoms with E-state index in [9.17, 15) is 4.79 Å². The van der Waals surface area contributed by atoms with E-state index in [4.69, 9.17) is 0 Å². The lowest BCUT2D eigenvalue weighted by atomic mass is 10.2. The van der Waals surface area contributed by atoms with Gasteiger partial charge in [0.2, 0.25) is 0 Å². The molecule has 0 fully saturated rings. The third-order valence-corrected chi connectivity index (χ3v) is 4.20. The summed E-state index contributed by atoms with van der Waals surface area (Å²) in [6.07, 6.45) is 7.23. The summed E-state index contributed by atoms with van der Waals surface area (Å²) in [6, 6.07) is 13.7. The third kappa shape index (κ3) is 4.69. The number of carbonyl (C=O) groups is 1. The monoisotopic (exact) mass is 349 g/mol. The zero-order valence-electron chi connectivity index (χ0n) is 15.0. The van der Waals surface area contributed by atoms with Gasteiger partial charge in [-0.3, -0.25) is 9.67 Å². The molecular formula is C20H23N5O. The lowest BCUT2D eigenvalue weighted by Gasteiger charge is -2.21. The van der Waals surface area contributed by atoms with Crippen molar-refractivity contribution in [3.63, 3.8) is 0 Å². The first-order valence-corrected chi connectivity index (χ1v) is 8.58. The maximum Gasteiger partial charge on any atom is 0.317 e. The number of benzene rings is 1. The number of pyridine rings is 1. The number of hydrogen-bond donors (Lipinski definition) is 1. The summed E-state index contributed by atoms with van der Waals surface area (Å²) in [4.78, 5) is 18.0. The van der Waals surface area contributed by atoms with Crippen LogP contribution in [0.4, 0.5) is 4.79 Å². The summed E-state index contributed by atoms with van der Waals surface area (Å²) in [7, 11) is 1.78. The Bertz CT molecular complexity index is 832. The van der Waals surface area contributed by atoms with E-state index in [1.165, 1.54) is 5.56 Å². The molecule has 26 heavy (non-hydrogen) atoms. The molecule has 0 aliphatic carbocycles. The van der Waals surface area contributed by atoms with E-state index in [1.807, 2.05) is 48.1 Å². The van der Waals surface area contributed by atoms with Crippen molar-refractivity contribution in [3.05, 3.63) is 83.9 Å². The van der Waals surface area contributed by atoms with Crippen LogP contribution in [0.5, 0.6) is 0 Å². The van der Waals surface area contributed by atoms with E-state index in [1.54, 1.807) is 30.5 Å². The summed E-state index contributed by atoms with van der Waals surface area (Å²) in [5, 5.41) is 7.41. The van der Waals surface area contributed by atoms with Crippen LogP contribution in [-0.4, -0.2) is 32.7 Å². The Morgan fingerprint density at radius 1 is 1.15 bits per heavy atom. The molecule has 2 amide bonds. The van der Waals surface area contributed by atoms with E-state index in [2.05, 4.69) is 27.5 Å². The highest BCUT2D eigenvalue weighted by Crippen LogP contribution is 2.13. The van der Waals surface area contributed by atoms with Crippen LogP contribution in [0.15, 0.2) is 67.3 Å². The number of aromatic nitrogens is 3. The molecule has 1 N–H and O–H groups in total.